The molecule has 2 aliphatic heterocycles. The highest BCUT2D eigenvalue weighted by Crippen LogP contribution is 2.39. The van der Waals surface area contributed by atoms with Crippen molar-refractivity contribution in [2.45, 2.75) is 70.3 Å². The molecule has 2 saturated heterocycles. The van der Waals surface area contributed by atoms with Crippen LogP contribution in [0.25, 0.3) is 0 Å². The number of piperidine rings is 1. The van der Waals surface area contributed by atoms with E-state index in [1.807, 2.05) is 35.2 Å². The molecule has 1 spiro atoms. The molecular formula is C27H41N5O3. The maximum absolute atomic E-state index is 13.8. The number of nitrogens with zero attached hydrogens (tertiary/aromatic N) is 3. The van der Waals surface area contributed by atoms with Crippen molar-refractivity contribution in [3.63, 3.8) is 0 Å². The summed E-state index contributed by atoms with van der Waals surface area (Å²) in [4.78, 5) is 44.8. The molecule has 4 amide bonds. The SMILES string of the molecule is CCCCNC(=O)N1CCC2(CC1)C(=O)N(CC(=O)NCC1CCCCC1)CN2c1ccccc1. The first-order chi connectivity index (χ1) is 17.0. The summed E-state index contributed by atoms with van der Waals surface area (Å²) in [6.07, 6.45) is 9.25. The number of nitrogens with one attached hydrogen (secondary N) is 2. The van der Waals surface area contributed by atoms with E-state index < -0.39 is 5.54 Å². The fourth-order valence-electron chi connectivity index (χ4n) is 5.76. The number of carbonyl (C=O) groups is 3. The Balaban J connectivity index is 1.41. The minimum absolute atomic E-state index is 0.000195. The predicted molar refractivity (Wildman–Crippen MR) is 137 cm³/mol. The van der Waals surface area contributed by atoms with Gasteiger partial charge in [-0.05, 0) is 50.2 Å². The lowest BCUT2D eigenvalue weighted by atomic mass is 9.85. The average molecular weight is 484 g/mol. The lowest BCUT2D eigenvalue weighted by Crippen LogP contribution is -2.58. The molecule has 3 aliphatic rings. The fraction of sp³-hybridized carbons (Fsp3) is 0.667. The number of hydrogen-bond donors (Lipinski definition) is 2. The Kier molecular flexibility index (Phi) is 8.52. The Morgan fingerprint density at radius 1 is 1.03 bits per heavy atom. The van der Waals surface area contributed by atoms with Crippen LogP contribution >= 0.6 is 0 Å². The highest BCUT2D eigenvalue weighted by Gasteiger charge is 2.54. The Morgan fingerprint density at radius 2 is 1.74 bits per heavy atom. The molecule has 1 saturated carbocycles. The zero-order chi connectivity index (χ0) is 24.7. The molecule has 8 heteroatoms. The van der Waals surface area contributed by atoms with Crippen molar-refractivity contribution in [3.05, 3.63) is 30.3 Å². The Morgan fingerprint density at radius 3 is 2.43 bits per heavy atom. The molecule has 35 heavy (non-hydrogen) atoms. The molecule has 3 fully saturated rings. The van der Waals surface area contributed by atoms with Crippen LogP contribution in [0.4, 0.5) is 10.5 Å². The molecule has 0 atom stereocenters. The number of hydrogen-bond acceptors (Lipinski definition) is 4. The number of benzene rings is 1. The quantitative estimate of drug-likeness (QED) is 0.556. The summed E-state index contributed by atoms with van der Waals surface area (Å²) in [7, 11) is 0. The second kappa shape index (κ2) is 11.8. The van der Waals surface area contributed by atoms with Crippen LogP contribution in [0.2, 0.25) is 0 Å². The topological polar surface area (TPSA) is 85.0 Å². The van der Waals surface area contributed by atoms with Crippen LogP contribution in [-0.2, 0) is 9.59 Å². The van der Waals surface area contributed by atoms with Gasteiger partial charge in [-0.3, -0.25) is 9.59 Å². The fourth-order valence-corrected chi connectivity index (χ4v) is 5.76. The van der Waals surface area contributed by atoms with Gasteiger partial charge in [-0.25, -0.2) is 4.79 Å². The minimum Gasteiger partial charge on any atom is -0.354 e. The maximum atomic E-state index is 13.8. The van der Waals surface area contributed by atoms with Crippen LogP contribution in [0, 0.1) is 5.92 Å². The van der Waals surface area contributed by atoms with Gasteiger partial charge in [0.1, 0.15) is 12.1 Å². The summed E-state index contributed by atoms with van der Waals surface area (Å²) in [5, 5.41) is 6.07. The van der Waals surface area contributed by atoms with Crippen molar-refractivity contribution >= 4 is 23.5 Å². The third-order valence-electron chi connectivity index (χ3n) is 7.91. The highest BCUT2D eigenvalue weighted by atomic mass is 16.2. The molecule has 0 aromatic heterocycles. The number of urea groups is 1. The first-order valence-corrected chi connectivity index (χ1v) is 13.4. The van der Waals surface area contributed by atoms with Crippen LogP contribution in [0.3, 0.4) is 0 Å². The Hall–Kier alpha value is -2.77. The molecule has 2 N–H and O–H groups in total. The average Bonchev–Trinajstić information content (AvgIpc) is 3.15. The van der Waals surface area contributed by atoms with Crippen LogP contribution in [0.5, 0.6) is 0 Å². The largest absolute Gasteiger partial charge is 0.354 e. The highest BCUT2D eigenvalue weighted by molar-refractivity contribution is 5.96. The summed E-state index contributed by atoms with van der Waals surface area (Å²) >= 11 is 0. The summed E-state index contributed by atoms with van der Waals surface area (Å²) in [6, 6.07) is 9.90. The maximum Gasteiger partial charge on any atom is 0.317 e. The minimum atomic E-state index is -0.717. The molecule has 0 radical (unpaired) electrons. The number of unbranched alkanes of at least 4 members (excludes halogenated alkanes) is 1. The number of para-hydroxylation sites is 1. The van der Waals surface area contributed by atoms with Gasteiger partial charge in [-0.15, -0.1) is 0 Å². The normalized spacial score (nSPS) is 20.4. The van der Waals surface area contributed by atoms with E-state index in [1.165, 1.54) is 32.1 Å². The van der Waals surface area contributed by atoms with Crippen LogP contribution < -0.4 is 15.5 Å². The Labute approximate surface area is 209 Å². The third kappa shape index (κ3) is 5.90. The van der Waals surface area contributed by atoms with Gasteiger partial charge in [0.15, 0.2) is 0 Å². The van der Waals surface area contributed by atoms with Gasteiger partial charge in [0.2, 0.25) is 5.91 Å². The Bertz CT molecular complexity index is 863. The van der Waals surface area contributed by atoms with Crippen molar-refractivity contribution < 1.29 is 14.4 Å². The van der Waals surface area contributed by atoms with E-state index in [0.717, 1.165) is 18.5 Å². The van der Waals surface area contributed by atoms with Gasteiger partial charge in [-0.2, -0.15) is 0 Å². The lowest BCUT2D eigenvalue weighted by Gasteiger charge is -2.43. The van der Waals surface area contributed by atoms with Gasteiger partial charge in [-0.1, -0.05) is 50.8 Å². The van der Waals surface area contributed by atoms with E-state index in [-0.39, 0.29) is 24.4 Å². The van der Waals surface area contributed by atoms with Crippen LogP contribution in [-0.4, -0.2) is 72.6 Å². The van der Waals surface area contributed by atoms with E-state index >= 15 is 0 Å². The van der Waals surface area contributed by atoms with E-state index in [4.69, 9.17) is 0 Å². The first kappa shape index (κ1) is 25.3. The smallest absolute Gasteiger partial charge is 0.317 e. The number of likely N-dealkylation sites (tertiary alicyclic amines) is 1. The summed E-state index contributed by atoms with van der Waals surface area (Å²) in [5.74, 6) is 0.476. The molecular weight excluding hydrogens is 442 g/mol. The van der Waals surface area contributed by atoms with E-state index in [1.54, 1.807) is 4.90 Å². The van der Waals surface area contributed by atoms with Gasteiger partial charge in [0, 0.05) is 31.9 Å². The van der Waals surface area contributed by atoms with Crippen molar-refractivity contribution in [2.75, 3.05) is 44.3 Å². The lowest BCUT2D eigenvalue weighted by molar-refractivity contribution is -0.137. The number of rotatable bonds is 8. The number of anilines is 1. The van der Waals surface area contributed by atoms with Gasteiger partial charge < -0.3 is 25.3 Å². The van der Waals surface area contributed by atoms with Crippen molar-refractivity contribution in [1.82, 2.24) is 20.4 Å². The molecule has 1 aliphatic carbocycles. The van der Waals surface area contributed by atoms with E-state index in [9.17, 15) is 14.4 Å². The van der Waals surface area contributed by atoms with Crippen molar-refractivity contribution in [3.8, 4) is 0 Å². The number of amides is 4. The van der Waals surface area contributed by atoms with Crippen molar-refractivity contribution in [2.24, 2.45) is 5.92 Å². The summed E-state index contributed by atoms with van der Waals surface area (Å²) < 4.78 is 0. The van der Waals surface area contributed by atoms with Crippen molar-refractivity contribution in [1.29, 1.82) is 0 Å². The molecule has 8 nitrogen and oxygen atoms in total. The third-order valence-corrected chi connectivity index (χ3v) is 7.91. The predicted octanol–water partition coefficient (Wildman–Crippen LogP) is 3.33. The molecule has 4 rings (SSSR count). The summed E-state index contributed by atoms with van der Waals surface area (Å²) in [5.41, 5.74) is 0.261. The second-order valence-electron chi connectivity index (χ2n) is 10.3. The number of carbonyl (C=O) groups excluding carboxylic acids is 3. The van der Waals surface area contributed by atoms with Crippen LogP contribution in [0.15, 0.2) is 30.3 Å². The molecule has 2 heterocycles. The van der Waals surface area contributed by atoms with Gasteiger partial charge in [0.25, 0.3) is 5.91 Å². The molecule has 1 aromatic rings. The monoisotopic (exact) mass is 483 g/mol. The molecule has 192 valence electrons. The van der Waals surface area contributed by atoms with E-state index in [2.05, 4.69) is 22.5 Å². The van der Waals surface area contributed by atoms with Crippen LogP contribution in [0.1, 0.15) is 64.7 Å². The van der Waals surface area contributed by atoms with Gasteiger partial charge in [0.05, 0.1) is 6.67 Å². The zero-order valence-corrected chi connectivity index (χ0v) is 21.1. The first-order valence-electron chi connectivity index (χ1n) is 13.4. The summed E-state index contributed by atoms with van der Waals surface area (Å²) in [6.45, 7) is 5.00. The zero-order valence-electron chi connectivity index (χ0n) is 21.1. The molecule has 0 bridgehead atoms. The molecule has 1 aromatic carbocycles. The standard InChI is InChI=1S/C27H41N5O3/c1-2-3-16-28-26(35)30-17-14-27(15-18-30)25(34)31(21-32(27)23-12-8-5-9-13-23)20-24(33)29-19-22-10-6-4-7-11-22/h5,8-9,12-13,22H,2-4,6-7,10-11,14-21H2,1H3,(H,28,35)(H,29,33). The van der Waals surface area contributed by atoms with E-state index in [0.29, 0.717) is 51.6 Å². The second-order valence-corrected chi connectivity index (χ2v) is 10.3. The molecule has 0 unspecified atom stereocenters. The van der Waals surface area contributed by atoms with Gasteiger partial charge >= 0.3 is 6.03 Å².